The van der Waals surface area contributed by atoms with Crippen LogP contribution in [0, 0.1) is 5.92 Å². The molecule has 1 aromatic carbocycles. The molecule has 0 spiro atoms. The lowest BCUT2D eigenvalue weighted by Gasteiger charge is -2.33. The minimum absolute atomic E-state index is 0.0332. The van der Waals surface area contributed by atoms with E-state index in [1.165, 1.54) is 12.5 Å². The Labute approximate surface area is 151 Å². The van der Waals surface area contributed by atoms with E-state index in [1.807, 2.05) is 30.0 Å². The fourth-order valence-corrected chi connectivity index (χ4v) is 3.27. The summed E-state index contributed by atoms with van der Waals surface area (Å²) in [6.07, 6.45) is 3.17. The van der Waals surface area contributed by atoms with Crippen LogP contribution in [0.2, 0.25) is 0 Å². The SMILES string of the molecule is CC(=O)N(CCN(C)C)CC(=O)N1CCC(Cc2ccccc2)CC1. The number of benzene rings is 1. The lowest BCUT2D eigenvalue weighted by Crippen LogP contribution is -2.46. The molecule has 138 valence electrons. The summed E-state index contributed by atoms with van der Waals surface area (Å²) >= 11 is 0. The van der Waals surface area contributed by atoms with E-state index in [1.54, 1.807) is 4.90 Å². The van der Waals surface area contributed by atoms with Crippen LogP contribution in [0.3, 0.4) is 0 Å². The zero-order chi connectivity index (χ0) is 18.2. The second-order valence-corrected chi connectivity index (χ2v) is 7.26. The molecule has 0 aliphatic carbocycles. The van der Waals surface area contributed by atoms with Crippen molar-refractivity contribution in [1.82, 2.24) is 14.7 Å². The molecule has 25 heavy (non-hydrogen) atoms. The van der Waals surface area contributed by atoms with E-state index in [0.29, 0.717) is 12.5 Å². The first-order chi connectivity index (χ1) is 12.0. The van der Waals surface area contributed by atoms with Gasteiger partial charge in [0.1, 0.15) is 0 Å². The number of amides is 2. The smallest absolute Gasteiger partial charge is 0.242 e. The summed E-state index contributed by atoms with van der Waals surface area (Å²) in [5.74, 6) is 0.686. The van der Waals surface area contributed by atoms with Gasteiger partial charge in [-0.05, 0) is 44.8 Å². The number of piperidine rings is 1. The van der Waals surface area contributed by atoms with Crippen LogP contribution >= 0.6 is 0 Å². The minimum Gasteiger partial charge on any atom is -0.341 e. The summed E-state index contributed by atoms with van der Waals surface area (Å²) in [7, 11) is 3.94. The molecule has 0 aromatic heterocycles. The van der Waals surface area contributed by atoms with Gasteiger partial charge in [0.2, 0.25) is 11.8 Å². The first-order valence-corrected chi connectivity index (χ1v) is 9.17. The number of carbonyl (C=O) groups excluding carboxylic acids is 2. The van der Waals surface area contributed by atoms with Crippen molar-refractivity contribution in [3.05, 3.63) is 35.9 Å². The Morgan fingerprint density at radius 1 is 1.08 bits per heavy atom. The molecule has 0 atom stereocenters. The number of likely N-dealkylation sites (N-methyl/N-ethyl adjacent to an activating group) is 1. The zero-order valence-electron chi connectivity index (χ0n) is 15.8. The van der Waals surface area contributed by atoms with Gasteiger partial charge in [-0.3, -0.25) is 9.59 Å². The van der Waals surface area contributed by atoms with Crippen molar-refractivity contribution < 1.29 is 9.59 Å². The molecule has 1 heterocycles. The lowest BCUT2D eigenvalue weighted by molar-refractivity contribution is -0.140. The summed E-state index contributed by atoms with van der Waals surface area (Å²) in [4.78, 5) is 29.9. The van der Waals surface area contributed by atoms with Gasteiger partial charge in [0.05, 0.1) is 6.54 Å². The predicted molar refractivity (Wildman–Crippen MR) is 100 cm³/mol. The van der Waals surface area contributed by atoms with Crippen LogP contribution in [0.25, 0.3) is 0 Å². The van der Waals surface area contributed by atoms with Crippen molar-refractivity contribution in [3.63, 3.8) is 0 Å². The van der Waals surface area contributed by atoms with Gasteiger partial charge in [-0.2, -0.15) is 0 Å². The Bertz CT molecular complexity index is 551. The number of rotatable bonds is 7. The molecule has 5 nitrogen and oxygen atoms in total. The fraction of sp³-hybridized carbons (Fsp3) is 0.600. The van der Waals surface area contributed by atoms with Gasteiger partial charge in [-0.15, -0.1) is 0 Å². The first-order valence-electron chi connectivity index (χ1n) is 9.17. The van der Waals surface area contributed by atoms with Gasteiger partial charge in [-0.25, -0.2) is 0 Å². The topological polar surface area (TPSA) is 43.9 Å². The van der Waals surface area contributed by atoms with Crippen LogP contribution in [0.15, 0.2) is 30.3 Å². The van der Waals surface area contributed by atoms with Crippen molar-refractivity contribution in [2.75, 3.05) is 46.8 Å². The van der Waals surface area contributed by atoms with Crippen molar-refractivity contribution >= 4 is 11.8 Å². The van der Waals surface area contributed by atoms with Crippen LogP contribution in [-0.2, 0) is 16.0 Å². The average molecular weight is 345 g/mol. The molecule has 1 aliphatic heterocycles. The normalized spacial score (nSPS) is 15.4. The molecule has 0 unspecified atom stereocenters. The Balaban J connectivity index is 1.78. The molecule has 0 N–H and O–H groups in total. The Kier molecular flexibility index (Phi) is 7.44. The molecular weight excluding hydrogens is 314 g/mol. The first kappa shape index (κ1) is 19.4. The summed E-state index contributed by atoms with van der Waals surface area (Å²) < 4.78 is 0. The Morgan fingerprint density at radius 3 is 2.28 bits per heavy atom. The number of hydrogen-bond acceptors (Lipinski definition) is 3. The molecule has 1 fully saturated rings. The van der Waals surface area contributed by atoms with Crippen molar-refractivity contribution in [2.24, 2.45) is 5.92 Å². The van der Waals surface area contributed by atoms with E-state index >= 15 is 0 Å². The van der Waals surface area contributed by atoms with E-state index in [2.05, 4.69) is 24.3 Å². The largest absolute Gasteiger partial charge is 0.341 e. The second-order valence-electron chi connectivity index (χ2n) is 7.26. The third-order valence-electron chi connectivity index (χ3n) is 4.92. The standard InChI is InChI=1S/C20H31N3O2/c1-17(24)23(14-13-21(2)3)16-20(25)22-11-9-19(10-12-22)15-18-7-5-4-6-8-18/h4-8,19H,9-16H2,1-3H3. The highest BCUT2D eigenvalue weighted by molar-refractivity contribution is 5.83. The summed E-state index contributed by atoms with van der Waals surface area (Å²) in [5, 5.41) is 0. The molecule has 5 heteroatoms. The summed E-state index contributed by atoms with van der Waals surface area (Å²) in [6, 6.07) is 10.6. The molecule has 0 radical (unpaired) electrons. The van der Waals surface area contributed by atoms with E-state index in [0.717, 1.165) is 38.9 Å². The minimum atomic E-state index is -0.0332. The van der Waals surface area contributed by atoms with Gasteiger partial charge < -0.3 is 14.7 Å². The third-order valence-corrected chi connectivity index (χ3v) is 4.92. The van der Waals surface area contributed by atoms with E-state index < -0.39 is 0 Å². The van der Waals surface area contributed by atoms with Crippen LogP contribution in [-0.4, -0.2) is 73.3 Å². The van der Waals surface area contributed by atoms with E-state index in [9.17, 15) is 9.59 Å². The molecule has 1 aliphatic rings. The van der Waals surface area contributed by atoms with Crippen molar-refractivity contribution in [3.8, 4) is 0 Å². The highest BCUT2D eigenvalue weighted by atomic mass is 16.2. The number of likely N-dealkylation sites (tertiary alicyclic amines) is 1. The monoisotopic (exact) mass is 345 g/mol. The quantitative estimate of drug-likeness (QED) is 0.758. The Morgan fingerprint density at radius 2 is 1.72 bits per heavy atom. The van der Waals surface area contributed by atoms with E-state index in [-0.39, 0.29) is 18.4 Å². The van der Waals surface area contributed by atoms with Gasteiger partial charge in [0.15, 0.2) is 0 Å². The van der Waals surface area contributed by atoms with Gasteiger partial charge in [-0.1, -0.05) is 30.3 Å². The number of carbonyl (C=O) groups is 2. The highest BCUT2D eigenvalue weighted by Gasteiger charge is 2.24. The second kappa shape index (κ2) is 9.56. The van der Waals surface area contributed by atoms with Crippen LogP contribution in [0.1, 0.15) is 25.3 Å². The molecule has 1 aromatic rings. The number of hydrogen-bond donors (Lipinski definition) is 0. The van der Waals surface area contributed by atoms with Crippen LogP contribution in [0.5, 0.6) is 0 Å². The summed E-state index contributed by atoms with van der Waals surface area (Å²) in [6.45, 7) is 4.71. The fourth-order valence-electron chi connectivity index (χ4n) is 3.27. The Hall–Kier alpha value is -1.88. The van der Waals surface area contributed by atoms with Crippen molar-refractivity contribution in [1.29, 1.82) is 0 Å². The third kappa shape index (κ3) is 6.50. The van der Waals surface area contributed by atoms with Gasteiger partial charge >= 0.3 is 0 Å². The summed E-state index contributed by atoms with van der Waals surface area (Å²) in [5.41, 5.74) is 1.37. The molecular formula is C20H31N3O2. The van der Waals surface area contributed by atoms with Crippen molar-refractivity contribution in [2.45, 2.75) is 26.2 Å². The predicted octanol–water partition coefficient (Wildman–Crippen LogP) is 1.88. The lowest BCUT2D eigenvalue weighted by atomic mass is 9.90. The maximum Gasteiger partial charge on any atom is 0.242 e. The molecule has 0 saturated carbocycles. The average Bonchev–Trinajstić information content (AvgIpc) is 2.59. The van der Waals surface area contributed by atoms with Crippen LogP contribution in [0.4, 0.5) is 0 Å². The molecule has 2 rings (SSSR count). The molecule has 1 saturated heterocycles. The molecule has 2 amide bonds. The number of nitrogens with zero attached hydrogens (tertiary/aromatic N) is 3. The van der Waals surface area contributed by atoms with E-state index in [4.69, 9.17) is 0 Å². The maximum atomic E-state index is 12.5. The van der Waals surface area contributed by atoms with Gasteiger partial charge in [0, 0.05) is 33.1 Å². The zero-order valence-corrected chi connectivity index (χ0v) is 15.8. The highest BCUT2D eigenvalue weighted by Crippen LogP contribution is 2.21. The maximum absolute atomic E-state index is 12.5. The molecule has 0 bridgehead atoms. The van der Waals surface area contributed by atoms with Crippen LogP contribution < -0.4 is 0 Å². The van der Waals surface area contributed by atoms with Gasteiger partial charge in [0.25, 0.3) is 0 Å².